The summed E-state index contributed by atoms with van der Waals surface area (Å²) < 4.78 is 5.56. The van der Waals surface area contributed by atoms with Crippen molar-refractivity contribution in [3.05, 3.63) is 83.8 Å². The lowest BCUT2D eigenvalue weighted by Crippen LogP contribution is -2.30. The van der Waals surface area contributed by atoms with Gasteiger partial charge in [-0.3, -0.25) is 9.59 Å². The lowest BCUT2D eigenvalue weighted by molar-refractivity contribution is -0.116. The molecule has 7 heteroatoms. The molecule has 0 aliphatic carbocycles. The number of furan rings is 1. The molecular formula is C27H32ClN3O3. The maximum Gasteiger partial charge on any atom is 0.253 e. The predicted octanol–water partition coefficient (Wildman–Crippen LogP) is 6.14. The number of nitrogens with one attached hydrogen (secondary N) is 2. The van der Waals surface area contributed by atoms with Gasteiger partial charge in [-0.15, -0.1) is 11.6 Å². The molecule has 2 amide bonds. The van der Waals surface area contributed by atoms with Gasteiger partial charge in [-0.1, -0.05) is 50.6 Å². The molecule has 0 radical (unpaired) electrons. The fraction of sp³-hybridized carbons (Fsp3) is 0.333. The van der Waals surface area contributed by atoms with Crippen LogP contribution in [0.25, 0.3) is 0 Å². The molecule has 0 saturated carbocycles. The van der Waals surface area contributed by atoms with Crippen LogP contribution in [0.3, 0.4) is 0 Å². The molecule has 0 fully saturated rings. The van der Waals surface area contributed by atoms with Crippen molar-refractivity contribution >= 4 is 34.8 Å². The van der Waals surface area contributed by atoms with Crippen LogP contribution in [0.1, 0.15) is 60.2 Å². The number of rotatable bonds is 12. The number of carbonyl (C=O) groups excluding carboxylic acids is 2. The highest BCUT2D eigenvalue weighted by molar-refractivity contribution is 6.32. The first-order valence-corrected chi connectivity index (χ1v) is 12.2. The Hall–Kier alpha value is -3.25. The number of hydrogen-bond acceptors (Lipinski definition) is 4. The van der Waals surface area contributed by atoms with Crippen LogP contribution < -0.4 is 15.5 Å². The van der Waals surface area contributed by atoms with Gasteiger partial charge in [0, 0.05) is 18.8 Å². The summed E-state index contributed by atoms with van der Waals surface area (Å²) in [6.45, 7) is 6.03. The summed E-state index contributed by atoms with van der Waals surface area (Å²) in [5, 5.41) is 4.98. The molecule has 3 rings (SSSR count). The van der Waals surface area contributed by atoms with E-state index < -0.39 is 5.38 Å². The second-order valence-corrected chi connectivity index (χ2v) is 8.54. The molecule has 1 aromatic heterocycles. The molecule has 2 aromatic carbocycles. The van der Waals surface area contributed by atoms with Crippen molar-refractivity contribution < 1.29 is 14.0 Å². The number of benzene rings is 2. The second-order valence-electron chi connectivity index (χ2n) is 8.10. The molecule has 34 heavy (non-hydrogen) atoms. The van der Waals surface area contributed by atoms with E-state index in [-0.39, 0.29) is 11.8 Å². The van der Waals surface area contributed by atoms with Crippen LogP contribution in [0.4, 0.5) is 11.4 Å². The highest BCUT2D eigenvalue weighted by Crippen LogP contribution is 2.28. The molecule has 1 unspecified atom stereocenters. The van der Waals surface area contributed by atoms with E-state index in [4.69, 9.17) is 16.0 Å². The van der Waals surface area contributed by atoms with Gasteiger partial charge in [0.25, 0.3) is 5.91 Å². The summed E-state index contributed by atoms with van der Waals surface area (Å²) in [5.41, 5.74) is 2.52. The Morgan fingerprint density at radius 2 is 1.82 bits per heavy atom. The van der Waals surface area contributed by atoms with Gasteiger partial charge in [-0.25, -0.2) is 0 Å². The van der Waals surface area contributed by atoms with Gasteiger partial charge in [0.1, 0.15) is 11.1 Å². The number of unbranched alkanes of at least 4 members (excludes halogenated alkanes) is 1. The van der Waals surface area contributed by atoms with Crippen LogP contribution >= 0.6 is 11.6 Å². The van der Waals surface area contributed by atoms with Crippen molar-refractivity contribution in [1.29, 1.82) is 0 Å². The largest absolute Gasteiger partial charge is 0.467 e. The van der Waals surface area contributed by atoms with Crippen molar-refractivity contribution in [2.24, 2.45) is 0 Å². The van der Waals surface area contributed by atoms with Gasteiger partial charge in [-0.05, 0) is 48.7 Å². The van der Waals surface area contributed by atoms with Crippen molar-refractivity contribution in [2.75, 3.05) is 23.3 Å². The van der Waals surface area contributed by atoms with Crippen LogP contribution in [-0.2, 0) is 11.3 Å². The van der Waals surface area contributed by atoms with Crippen LogP contribution in [0.5, 0.6) is 0 Å². The number of hydrogen-bond donors (Lipinski definition) is 2. The number of alkyl halides is 1. The third-order valence-corrected chi connectivity index (χ3v) is 5.87. The van der Waals surface area contributed by atoms with Gasteiger partial charge < -0.3 is 20.0 Å². The lowest BCUT2D eigenvalue weighted by Gasteiger charge is -2.26. The first kappa shape index (κ1) is 25.4. The summed E-state index contributed by atoms with van der Waals surface area (Å²) in [7, 11) is 0. The monoisotopic (exact) mass is 481 g/mol. The molecule has 180 valence electrons. The quantitative estimate of drug-likeness (QED) is 0.304. The molecule has 3 aromatic rings. The summed E-state index contributed by atoms with van der Waals surface area (Å²) >= 11 is 6.39. The van der Waals surface area contributed by atoms with Crippen LogP contribution in [-0.4, -0.2) is 24.9 Å². The van der Waals surface area contributed by atoms with E-state index in [1.54, 1.807) is 18.4 Å². The highest BCUT2D eigenvalue weighted by atomic mass is 35.5. The normalized spacial score (nSPS) is 11.6. The third-order valence-electron chi connectivity index (χ3n) is 5.42. The zero-order valence-corrected chi connectivity index (χ0v) is 20.5. The fourth-order valence-corrected chi connectivity index (χ4v) is 3.81. The van der Waals surface area contributed by atoms with Crippen molar-refractivity contribution in [1.82, 2.24) is 5.32 Å². The standard InChI is InChI=1S/C27H32ClN3O3/c1-3-5-16-31(19-22-12-9-17-34-22)24-14-13-21(18-23(24)26(32)29-15-4-2)30-27(33)25(28)20-10-7-6-8-11-20/h6-14,17-18,25H,3-5,15-16,19H2,1-2H3,(H,29,32)(H,30,33). The number of halogens is 1. The minimum atomic E-state index is -0.835. The van der Waals surface area contributed by atoms with Crippen LogP contribution in [0.2, 0.25) is 0 Å². The van der Waals surface area contributed by atoms with E-state index in [2.05, 4.69) is 22.5 Å². The van der Waals surface area contributed by atoms with Crippen molar-refractivity contribution in [3.63, 3.8) is 0 Å². The molecule has 0 bridgehead atoms. The third kappa shape index (κ3) is 6.87. The number of amides is 2. The number of carbonyl (C=O) groups is 2. The van der Waals surface area contributed by atoms with Gasteiger partial charge >= 0.3 is 0 Å². The number of nitrogens with zero attached hydrogens (tertiary/aromatic N) is 1. The zero-order chi connectivity index (χ0) is 24.3. The second kappa shape index (κ2) is 12.8. The Labute approximate surface area is 206 Å². The number of anilines is 2. The molecule has 0 aliphatic rings. The molecule has 0 aliphatic heterocycles. The van der Waals surface area contributed by atoms with E-state index in [1.807, 2.05) is 55.5 Å². The van der Waals surface area contributed by atoms with Crippen LogP contribution in [0, 0.1) is 0 Å². The summed E-state index contributed by atoms with van der Waals surface area (Å²) in [5.74, 6) is 0.291. The summed E-state index contributed by atoms with van der Waals surface area (Å²) in [4.78, 5) is 28.0. The highest BCUT2D eigenvalue weighted by Gasteiger charge is 2.21. The van der Waals surface area contributed by atoms with E-state index in [0.29, 0.717) is 29.9 Å². The lowest BCUT2D eigenvalue weighted by atomic mass is 10.1. The Morgan fingerprint density at radius 3 is 2.50 bits per heavy atom. The Bertz CT molecular complexity index is 1050. The minimum Gasteiger partial charge on any atom is -0.467 e. The van der Waals surface area contributed by atoms with Gasteiger partial charge in [0.2, 0.25) is 5.91 Å². The summed E-state index contributed by atoms with van der Waals surface area (Å²) in [6, 6.07) is 18.4. The van der Waals surface area contributed by atoms with E-state index in [9.17, 15) is 9.59 Å². The molecule has 1 atom stereocenters. The van der Waals surface area contributed by atoms with Crippen molar-refractivity contribution in [3.8, 4) is 0 Å². The SMILES string of the molecule is CCCCN(Cc1ccco1)c1ccc(NC(=O)C(Cl)c2ccccc2)cc1C(=O)NCCC. The van der Waals surface area contributed by atoms with Gasteiger partial charge in [0.05, 0.1) is 24.1 Å². The molecule has 2 N–H and O–H groups in total. The van der Waals surface area contributed by atoms with Gasteiger partial charge in [-0.2, -0.15) is 0 Å². The van der Waals surface area contributed by atoms with Crippen molar-refractivity contribution in [2.45, 2.75) is 45.0 Å². The molecule has 0 saturated heterocycles. The molecule has 6 nitrogen and oxygen atoms in total. The zero-order valence-electron chi connectivity index (χ0n) is 19.7. The average molecular weight is 482 g/mol. The van der Waals surface area contributed by atoms with E-state index >= 15 is 0 Å². The van der Waals surface area contributed by atoms with Gasteiger partial charge in [0.15, 0.2) is 0 Å². The Kier molecular flexibility index (Phi) is 9.59. The summed E-state index contributed by atoms with van der Waals surface area (Å²) in [6.07, 6.45) is 4.47. The predicted molar refractivity (Wildman–Crippen MR) is 137 cm³/mol. The molecule has 1 heterocycles. The maximum absolute atomic E-state index is 13.1. The Morgan fingerprint density at radius 1 is 1.03 bits per heavy atom. The van der Waals surface area contributed by atoms with E-state index in [0.717, 1.165) is 37.3 Å². The molecule has 0 spiro atoms. The first-order valence-electron chi connectivity index (χ1n) is 11.7. The minimum absolute atomic E-state index is 0.181. The van der Waals surface area contributed by atoms with E-state index in [1.165, 1.54) is 0 Å². The van der Waals surface area contributed by atoms with Crippen LogP contribution in [0.15, 0.2) is 71.3 Å². The fourth-order valence-electron chi connectivity index (χ4n) is 3.61. The average Bonchev–Trinajstić information content (AvgIpc) is 3.38. The maximum atomic E-state index is 13.1. The topological polar surface area (TPSA) is 74.6 Å². The Balaban J connectivity index is 1.89. The first-order chi connectivity index (χ1) is 16.5. The smallest absolute Gasteiger partial charge is 0.253 e. The molecular weight excluding hydrogens is 450 g/mol.